The van der Waals surface area contributed by atoms with E-state index in [1.165, 1.54) is 0 Å². The van der Waals surface area contributed by atoms with Gasteiger partial charge in [-0.15, -0.1) is 0 Å². The van der Waals surface area contributed by atoms with Crippen LogP contribution in [0.5, 0.6) is 0 Å². The molecular weight excluding hydrogens is 611 g/mol. The van der Waals surface area contributed by atoms with Crippen molar-refractivity contribution in [2.75, 3.05) is 42.6 Å². The molecule has 238 valence electrons. The molecule has 4 heterocycles. The van der Waals surface area contributed by atoms with Gasteiger partial charge in [-0.1, -0.05) is 0 Å². The van der Waals surface area contributed by atoms with Crippen molar-refractivity contribution in [3.05, 3.63) is 35.5 Å². The number of hydrogen-bond acceptors (Lipinski definition) is 8. The number of sulfone groups is 1. The lowest BCUT2D eigenvalue weighted by Crippen LogP contribution is -2.56. The van der Waals surface area contributed by atoms with Gasteiger partial charge in [0.15, 0.2) is 9.84 Å². The van der Waals surface area contributed by atoms with Crippen LogP contribution in [0, 0.1) is 18.3 Å². The summed E-state index contributed by atoms with van der Waals surface area (Å²) in [5.41, 5.74) is -2.05. The molecule has 44 heavy (non-hydrogen) atoms. The number of benzene rings is 1. The summed E-state index contributed by atoms with van der Waals surface area (Å²) < 4.78 is 105. The molecule has 0 bridgehead atoms. The molecule has 1 aromatic heterocycles. The van der Waals surface area contributed by atoms with Crippen LogP contribution in [-0.2, 0) is 25.5 Å². The number of hydrogen-bond donors (Lipinski definition) is 1. The molecule has 0 unspecified atom stereocenters. The van der Waals surface area contributed by atoms with E-state index in [4.69, 9.17) is 4.74 Å². The van der Waals surface area contributed by atoms with E-state index < -0.39 is 68.2 Å². The molecule has 16 heteroatoms. The number of anilines is 2. The van der Waals surface area contributed by atoms with E-state index in [0.29, 0.717) is 56.5 Å². The van der Waals surface area contributed by atoms with Crippen molar-refractivity contribution in [3.63, 3.8) is 0 Å². The van der Waals surface area contributed by atoms with Crippen molar-refractivity contribution in [2.24, 2.45) is 0 Å². The van der Waals surface area contributed by atoms with Crippen molar-refractivity contribution in [1.82, 2.24) is 15.1 Å². The zero-order valence-corrected chi connectivity index (χ0v) is 24.6. The van der Waals surface area contributed by atoms with Gasteiger partial charge in [-0.2, -0.15) is 23.5 Å². The quantitative estimate of drug-likeness (QED) is 0.455. The number of rotatable bonds is 7. The lowest BCUT2D eigenvalue weighted by molar-refractivity contribution is -0.139. The Labute approximate surface area is 250 Å². The highest BCUT2D eigenvalue weighted by Gasteiger charge is 2.51. The van der Waals surface area contributed by atoms with E-state index in [-0.39, 0.29) is 24.7 Å². The molecule has 6 rings (SSSR count). The summed E-state index contributed by atoms with van der Waals surface area (Å²) in [4.78, 5) is 15.2. The average Bonchev–Trinajstić information content (AvgIpc) is 3.39. The van der Waals surface area contributed by atoms with Crippen LogP contribution < -0.4 is 15.1 Å². The third-order valence-electron chi connectivity index (χ3n) is 8.78. The summed E-state index contributed by atoms with van der Waals surface area (Å²) in [6.07, 6.45) is -3.29. The van der Waals surface area contributed by atoms with Crippen LogP contribution in [0.2, 0.25) is 0 Å². The van der Waals surface area contributed by atoms with Gasteiger partial charge in [0.2, 0.25) is 5.91 Å². The Morgan fingerprint density at radius 3 is 2.43 bits per heavy atom. The second-order valence-corrected chi connectivity index (χ2v) is 14.3. The Hall–Kier alpha value is -3.45. The molecule has 0 radical (unpaired) electrons. The zero-order chi connectivity index (χ0) is 31.7. The monoisotopic (exact) mass is 642 g/mol. The molecule has 2 aromatic rings. The van der Waals surface area contributed by atoms with E-state index >= 15 is 0 Å². The van der Waals surface area contributed by atoms with Crippen molar-refractivity contribution in [3.8, 4) is 6.07 Å². The maximum atomic E-state index is 14.3. The molecule has 2 atom stereocenters. The number of amides is 1. The number of nitrogens with one attached hydrogen (secondary N) is 1. The maximum Gasteiger partial charge on any atom is 0.417 e. The normalized spacial score (nSPS) is 24.9. The number of halogens is 5. The highest BCUT2D eigenvalue weighted by Crippen LogP contribution is 2.43. The molecule has 10 nitrogen and oxygen atoms in total. The summed E-state index contributed by atoms with van der Waals surface area (Å²) in [6.45, 7) is 0.884. The number of aryl methyl sites for hydroxylation is 1. The largest absolute Gasteiger partial charge is 0.417 e. The minimum Gasteiger partial charge on any atom is -0.381 e. The van der Waals surface area contributed by atoms with Crippen LogP contribution in [0.1, 0.15) is 49.4 Å². The predicted molar refractivity (Wildman–Crippen MR) is 147 cm³/mol. The van der Waals surface area contributed by atoms with E-state index in [1.54, 1.807) is 22.6 Å². The third-order valence-corrected chi connectivity index (χ3v) is 11.0. The van der Waals surface area contributed by atoms with Gasteiger partial charge in [0.25, 0.3) is 5.92 Å². The zero-order valence-electron chi connectivity index (χ0n) is 23.8. The molecule has 1 aliphatic carbocycles. The Balaban J connectivity index is 1.36. The van der Waals surface area contributed by atoms with Crippen LogP contribution in [0.3, 0.4) is 0 Å². The molecule has 1 amide bonds. The second kappa shape index (κ2) is 10.6. The molecule has 1 N–H and O–H groups in total. The topological polar surface area (TPSA) is 121 Å². The summed E-state index contributed by atoms with van der Waals surface area (Å²) >= 11 is 0. The third kappa shape index (κ3) is 5.60. The number of alkyl halides is 5. The number of ether oxygens (including phenoxy) is 1. The van der Waals surface area contributed by atoms with Gasteiger partial charge in [-0.05, 0) is 57.2 Å². The highest BCUT2D eigenvalue weighted by atomic mass is 32.2. The molecule has 3 aliphatic heterocycles. The minimum absolute atomic E-state index is 0.0982. The SMILES string of the molecule is Cc1cc(N2C[C@H](S(=O)(=O)c3ccc(N4CC(F)(F)C4)cc3C(F)(F)F)C[C@H]2C(=O)NC2(C#N)CC2)n(C2CCOCC2)n1. The fraction of sp³-hybridized carbons (Fsp3) is 0.607. The minimum atomic E-state index is -5.09. The van der Waals surface area contributed by atoms with Gasteiger partial charge >= 0.3 is 6.18 Å². The van der Waals surface area contributed by atoms with Crippen LogP contribution in [0.4, 0.5) is 33.5 Å². The fourth-order valence-electron chi connectivity index (χ4n) is 6.21. The summed E-state index contributed by atoms with van der Waals surface area (Å²) in [5.74, 6) is -3.17. The molecule has 4 fully saturated rings. The van der Waals surface area contributed by atoms with Crippen molar-refractivity contribution in [1.29, 1.82) is 5.26 Å². The average molecular weight is 643 g/mol. The fourth-order valence-corrected chi connectivity index (χ4v) is 8.10. The number of carbonyl (C=O) groups is 1. The van der Waals surface area contributed by atoms with Gasteiger partial charge in [0.1, 0.15) is 17.4 Å². The Morgan fingerprint density at radius 2 is 1.84 bits per heavy atom. The second-order valence-electron chi connectivity index (χ2n) is 12.1. The van der Waals surface area contributed by atoms with Crippen LogP contribution in [0.25, 0.3) is 0 Å². The van der Waals surface area contributed by atoms with Crippen molar-refractivity contribution in [2.45, 2.75) is 78.9 Å². The van der Waals surface area contributed by atoms with Crippen molar-refractivity contribution < 1.29 is 39.9 Å². The molecular formula is C28H31F5N6O4S. The standard InChI is InChI=1S/C28H31F5N6O4S/c1-17-10-24(39(36-17)18-4-8-43-9-5-18)38-13-20(12-22(38)25(40)35-26(14-34)6-7-26)44(41,42)23-3-2-19(11-21(23)28(31,32)33)37-15-27(29,30)16-37/h2-3,10-11,18,20,22H,4-9,12-13,15-16H2,1H3,(H,35,40)/t20-,22+/m1/s1. The van der Waals surface area contributed by atoms with Crippen LogP contribution in [0.15, 0.2) is 29.2 Å². The first-order valence-corrected chi connectivity index (χ1v) is 15.9. The predicted octanol–water partition coefficient (Wildman–Crippen LogP) is 3.61. The molecule has 0 spiro atoms. The van der Waals surface area contributed by atoms with Gasteiger partial charge in [0, 0.05) is 31.5 Å². The van der Waals surface area contributed by atoms with Gasteiger partial charge in [0.05, 0.1) is 46.6 Å². The first-order chi connectivity index (χ1) is 20.6. The smallest absolute Gasteiger partial charge is 0.381 e. The van der Waals surface area contributed by atoms with E-state index in [9.17, 15) is 40.4 Å². The summed E-state index contributed by atoms with van der Waals surface area (Å²) in [7, 11) is -4.70. The van der Waals surface area contributed by atoms with Crippen molar-refractivity contribution >= 4 is 27.2 Å². The summed E-state index contributed by atoms with van der Waals surface area (Å²) in [5, 5.41) is 15.4. The van der Waals surface area contributed by atoms with Gasteiger partial charge in [-0.3, -0.25) is 4.79 Å². The number of nitriles is 1. The highest BCUT2D eigenvalue weighted by molar-refractivity contribution is 7.92. The molecule has 3 saturated heterocycles. The van der Waals surface area contributed by atoms with E-state index in [2.05, 4.69) is 16.5 Å². The Bertz CT molecular complexity index is 1600. The Morgan fingerprint density at radius 1 is 1.16 bits per heavy atom. The number of carbonyl (C=O) groups excluding carboxylic acids is 1. The van der Waals surface area contributed by atoms with Crippen LogP contribution in [-0.4, -0.2) is 79.7 Å². The lowest BCUT2D eigenvalue weighted by Gasteiger charge is -2.40. The first kappa shape index (κ1) is 30.6. The summed E-state index contributed by atoms with van der Waals surface area (Å²) in [6, 6.07) is 5.08. The first-order valence-electron chi connectivity index (χ1n) is 14.3. The van der Waals surface area contributed by atoms with Gasteiger partial charge in [-0.25, -0.2) is 21.9 Å². The van der Waals surface area contributed by atoms with Gasteiger partial charge < -0.3 is 19.9 Å². The Kier molecular flexibility index (Phi) is 7.35. The maximum absolute atomic E-state index is 14.3. The molecule has 1 saturated carbocycles. The van der Waals surface area contributed by atoms with E-state index in [0.717, 1.165) is 17.0 Å². The number of nitrogens with zero attached hydrogens (tertiary/aromatic N) is 5. The number of aromatic nitrogens is 2. The van der Waals surface area contributed by atoms with Crippen LogP contribution >= 0.6 is 0 Å². The molecule has 1 aromatic carbocycles. The lowest BCUT2D eigenvalue weighted by atomic mass is 10.1. The van der Waals surface area contributed by atoms with E-state index in [1.807, 2.05) is 0 Å². The molecule has 4 aliphatic rings.